The summed E-state index contributed by atoms with van der Waals surface area (Å²) in [5.41, 5.74) is 0.115. The molecular formula is C12H15BrN2O3. The molecule has 0 saturated heterocycles. The van der Waals surface area contributed by atoms with Crippen LogP contribution in [0.15, 0.2) is 18.3 Å². The van der Waals surface area contributed by atoms with Crippen molar-refractivity contribution in [1.29, 1.82) is 0 Å². The van der Waals surface area contributed by atoms with Crippen LogP contribution in [0.25, 0.3) is 0 Å². The van der Waals surface area contributed by atoms with Crippen molar-refractivity contribution in [2.45, 2.75) is 25.7 Å². The van der Waals surface area contributed by atoms with E-state index in [9.17, 15) is 10.1 Å². The van der Waals surface area contributed by atoms with Crippen LogP contribution in [0.1, 0.15) is 25.7 Å². The maximum absolute atomic E-state index is 10.8. The van der Waals surface area contributed by atoms with E-state index in [0.717, 1.165) is 18.2 Å². The SMILES string of the molecule is O=[N+]([O-])c1ncccc1OCC1(CBr)CCCC1. The Morgan fingerprint density at radius 3 is 2.83 bits per heavy atom. The second-order valence-corrected chi connectivity index (χ2v) is 5.27. The third-order valence-corrected chi connectivity index (χ3v) is 4.59. The lowest BCUT2D eigenvalue weighted by molar-refractivity contribution is -0.390. The number of halogens is 1. The normalized spacial score (nSPS) is 17.6. The molecule has 1 fully saturated rings. The number of hydrogen-bond donors (Lipinski definition) is 0. The minimum atomic E-state index is -0.509. The number of hydrogen-bond acceptors (Lipinski definition) is 4. The summed E-state index contributed by atoms with van der Waals surface area (Å²) < 4.78 is 5.64. The first kappa shape index (κ1) is 13.3. The molecule has 0 unspecified atom stereocenters. The van der Waals surface area contributed by atoms with Gasteiger partial charge in [0.1, 0.15) is 6.20 Å². The van der Waals surface area contributed by atoms with E-state index in [4.69, 9.17) is 4.74 Å². The van der Waals surface area contributed by atoms with Crippen LogP contribution in [-0.4, -0.2) is 21.8 Å². The van der Waals surface area contributed by atoms with Crippen molar-refractivity contribution in [3.05, 3.63) is 28.4 Å². The third-order valence-electron chi connectivity index (χ3n) is 3.41. The van der Waals surface area contributed by atoms with Gasteiger partial charge in [0, 0.05) is 10.7 Å². The van der Waals surface area contributed by atoms with Gasteiger partial charge in [0.2, 0.25) is 5.75 Å². The number of aromatic nitrogens is 1. The van der Waals surface area contributed by atoms with E-state index in [-0.39, 0.29) is 17.0 Å². The zero-order valence-corrected chi connectivity index (χ0v) is 11.6. The van der Waals surface area contributed by atoms with Crippen LogP contribution in [0.4, 0.5) is 5.82 Å². The van der Waals surface area contributed by atoms with Crippen LogP contribution in [0, 0.1) is 15.5 Å². The molecule has 2 rings (SSSR count). The van der Waals surface area contributed by atoms with E-state index in [2.05, 4.69) is 20.9 Å². The fraction of sp³-hybridized carbons (Fsp3) is 0.583. The molecule has 1 aliphatic carbocycles. The fourth-order valence-corrected chi connectivity index (χ4v) is 3.03. The van der Waals surface area contributed by atoms with E-state index in [0.29, 0.717) is 6.61 Å². The van der Waals surface area contributed by atoms with Gasteiger partial charge in [0.15, 0.2) is 0 Å². The molecule has 1 aliphatic rings. The average Bonchev–Trinajstić information content (AvgIpc) is 2.86. The molecule has 5 nitrogen and oxygen atoms in total. The fourth-order valence-electron chi connectivity index (χ4n) is 2.30. The van der Waals surface area contributed by atoms with Crippen LogP contribution >= 0.6 is 15.9 Å². The Kier molecular flexibility index (Phi) is 4.16. The lowest BCUT2D eigenvalue weighted by Crippen LogP contribution is -2.27. The number of nitro groups is 1. The van der Waals surface area contributed by atoms with Crippen LogP contribution in [0.3, 0.4) is 0 Å². The van der Waals surface area contributed by atoms with Crippen LogP contribution < -0.4 is 4.74 Å². The smallest absolute Gasteiger partial charge is 0.406 e. The summed E-state index contributed by atoms with van der Waals surface area (Å²) >= 11 is 3.52. The Morgan fingerprint density at radius 1 is 1.50 bits per heavy atom. The van der Waals surface area contributed by atoms with Crippen molar-refractivity contribution in [1.82, 2.24) is 4.98 Å². The molecule has 0 radical (unpaired) electrons. The van der Waals surface area contributed by atoms with Crippen LogP contribution in [0.5, 0.6) is 5.75 Å². The van der Waals surface area contributed by atoms with Gasteiger partial charge in [-0.1, -0.05) is 28.8 Å². The number of ether oxygens (including phenoxy) is 1. The average molecular weight is 315 g/mol. The van der Waals surface area contributed by atoms with Gasteiger partial charge in [-0.25, -0.2) is 0 Å². The number of alkyl halides is 1. The van der Waals surface area contributed by atoms with Gasteiger partial charge >= 0.3 is 5.82 Å². The quantitative estimate of drug-likeness (QED) is 0.475. The Bertz CT molecular complexity index is 433. The summed E-state index contributed by atoms with van der Waals surface area (Å²) in [5, 5.41) is 11.7. The van der Waals surface area contributed by atoms with Gasteiger partial charge in [-0.2, -0.15) is 0 Å². The molecule has 0 aliphatic heterocycles. The molecule has 0 aromatic carbocycles. The van der Waals surface area contributed by atoms with E-state index >= 15 is 0 Å². The Labute approximate surface area is 114 Å². The molecule has 1 heterocycles. The Hall–Kier alpha value is -1.17. The largest absolute Gasteiger partial charge is 0.485 e. The second kappa shape index (κ2) is 5.65. The Morgan fingerprint density at radius 2 is 2.22 bits per heavy atom. The number of nitrogens with zero attached hydrogens (tertiary/aromatic N) is 2. The highest BCUT2D eigenvalue weighted by Gasteiger charge is 2.34. The first-order valence-corrected chi connectivity index (χ1v) is 7.07. The molecule has 1 saturated carbocycles. The standard InChI is InChI=1S/C12H15BrN2O3/c13-8-12(5-1-2-6-12)9-18-10-4-3-7-14-11(10)15(16)17/h3-4,7H,1-2,5-6,8-9H2. The summed E-state index contributed by atoms with van der Waals surface area (Å²) in [7, 11) is 0. The molecule has 18 heavy (non-hydrogen) atoms. The van der Waals surface area contributed by atoms with Crippen molar-refractivity contribution in [3.8, 4) is 5.75 Å². The molecule has 1 aromatic heterocycles. The third kappa shape index (κ3) is 2.80. The lowest BCUT2D eigenvalue weighted by Gasteiger charge is -2.26. The second-order valence-electron chi connectivity index (χ2n) is 4.71. The highest BCUT2D eigenvalue weighted by Crippen LogP contribution is 2.40. The van der Waals surface area contributed by atoms with E-state index in [1.54, 1.807) is 12.1 Å². The highest BCUT2D eigenvalue weighted by atomic mass is 79.9. The molecule has 6 heteroatoms. The van der Waals surface area contributed by atoms with Crippen molar-refractivity contribution in [2.24, 2.45) is 5.41 Å². The van der Waals surface area contributed by atoms with Gasteiger partial charge < -0.3 is 14.9 Å². The zero-order valence-electron chi connectivity index (χ0n) is 9.97. The van der Waals surface area contributed by atoms with Gasteiger partial charge in [0.05, 0.1) is 6.61 Å². The molecular weight excluding hydrogens is 300 g/mol. The maximum atomic E-state index is 10.8. The van der Waals surface area contributed by atoms with E-state index in [1.165, 1.54) is 19.0 Å². The first-order valence-electron chi connectivity index (χ1n) is 5.95. The molecule has 1 aromatic rings. The molecule has 0 amide bonds. The highest BCUT2D eigenvalue weighted by molar-refractivity contribution is 9.09. The molecule has 0 N–H and O–H groups in total. The van der Waals surface area contributed by atoms with Gasteiger partial charge in [-0.3, -0.25) is 0 Å². The van der Waals surface area contributed by atoms with Gasteiger partial charge in [-0.15, -0.1) is 0 Å². The van der Waals surface area contributed by atoms with E-state index in [1.807, 2.05) is 0 Å². The number of rotatable bonds is 5. The summed E-state index contributed by atoms with van der Waals surface area (Å²) in [6, 6.07) is 3.25. The molecule has 98 valence electrons. The summed E-state index contributed by atoms with van der Waals surface area (Å²) in [6.45, 7) is 0.505. The zero-order chi connectivity index (χ0) is 13.0. The summed E-state index contributed by atoms with van der Waals surface area (Å²) in [6.07, 6.45) is 6.01. The summed E-state index contributed by atoms with van der Waals surface area (Å²) in [4.78, 5) is 14.0. The topological polar surface area (TPSA) is 65.3 Å². The van der Waals surface area contributed by atoms with Crippen molar-refractivity contribution in [3.63, 3.8) is 0 Å². The predicted octanol–water partition coefficient (Wildman–Crippen LogP) is 3.32. The lowest BCUT2D eigenvalue weighted by atomic mass is 9.90. The summed E-state index contributed by atoms with van der Waals surface area (Å²) in [5.74, 6) is 0.0509. The Balaban J connectivity index is 2.08. The van der Waals surface area contributed by atoms with Gasteiger partial charge in [0.25, 0.3) is 0 Å². The van der Waals surface area contributed by atoms with Gasteiger partial charge in [-0.05, 0) is 34.9 Å². The first-order chi connectivity index (χ1) is 8.67. The molecule has 0 atom stereocenters. The van der Waals surface area contributed by atoms with Crippen LogP contribution in [-0.2, 0) is 0 Å². The monoisotopic (exact) mass is 314 g/mol. The predicted molar refractivity (Wildman–Crippen MR) is 71.1 cm³/mol. The maximum Gasteiger partial charge on any atom is 0.406 e. The van der Waals surface area contributed by atoms with E-state index < -0.39 is 4.92 Å². The minimum absolute atomic E-state index is 0.115. The van der Waals surface area contributed by atoms with Crippen molar-refractivity contribution in [2.75, 3.05) is 11.9 Å². The molecule has 0 spiro atoms. The van der Waals surface area contributed by atoms with Crippen molar-refractivity contribution < 1.29 is 9.66 Å². The van der Waals surface area contributed by atoms with Crippen molar-refractivity contribution >= 4 is 21.7 Å². The number of pyridine rings is 1. The minimum Gasteiger partial charge on any atom is -0.485 e. The molecule has 0 bridgehead atoms. The van der Waals surface area contributed by atoms with Crippen LogP contribution in [0.2, 0.25) is 0 Å².